The van der Waals surface area contributed by atoms with Gasteiger partial charge in [-0.2, -0.15) is 0 Å². The largest absolute Gasteiger partial charge is 0.481 e. The first-order valence-electron chi connectivity index (χ1n) is 7.52. The number of halogens is 1. The lowest BCUT2D eigenvalue weighted by Crippen LogP contribution is -2.36. The molecule has 1 aromatic rings. The van der Waals surface area contributed by atoms with Crippen LogP contribution in [-0.2, 0) is 11.3 Å². The standard InChI is InChI=1S/C16H23BrN2O2/c1-11(2)19-10-12-9-13(6-7-14(12)17)21-15-5-3-4-8-18-16(15)20/h6-7,9,11,15,19H,3-5,8,10H2,1-2H3,(H,18,20). The van der Waals surface area contributed by atoms with Gasteiger partial charge in [0.05, 0.1) is 0 Å². The SMILES string of the molecule is CC(C)NCc1cc(OC2CCCCNC2=O)ccc1Br. The lowest BCUT2D eigenvalue weighted by molar-refractivity contribution is -0.127. The van der Waals surface area contributed by atoms with Crippen molar-refractivity contribution in [2.75, 3.05) is 6.54 Å². The minimum absolute atomic E-state index is 0.00252. The first kappa shape index (κ1) is 16.3. The Morgan fingerprint density at radius 3 is 3.00 bits per heavy atom. The Balaban J connectivity index is 2.05. The maximum atomic E-state index is 11.9. The molecule has 0 radical (unpaired) electrons. The third-order valence-corrected chi connectivity index (χ3v) is 4.25. The van der Waals surface area contributed by atoms with Gasteiger partial charge in [-0.25, -0.2) is 0 Å². The maximum Gasteiger partial charge on any atom is 0.261 e. The first-order chi connectivity index (χ1) is 10.1. The Hall–Kier alpha value is -1.07. The zero-order valence-corrected chi connectivity index (χ0v) is 14.2. The van der Waals surface area contributed by atoms with E-state index in [1.807, 2.05) is 18.2 Å². The van der Waals surface area contributed by atoms with Gasteiger partial charge in [-0.3, -0.25) is 4.79 Å². The molecule has 1 saturated heterocycles. The number of hydrogen-bond donors (Lipinski definition) is 2. The van der Waals surface area contributed by atoms with E-state index in [0.29, 0.717) is 6.04 Å². The van der Waals surface area contributed by atoms with E-state index in [4.69, 9.17) is 4.74 Å². The van der Waals surface area contributed by atoms with Crippen LogP contribution in [0, 0.1) is 0 Å². The number of nitrogens with one attached hydrogen (secondary N) is 2. The number of benzene rings is 1. The molecule has 21 heavy (non-hydrogen) atoms. The summed E-state index contributed by atoms with van der Waals surface area (Å²) in [5.41, 5.74) is 1.13. The predicted octanol–water partition coefficient (Wildman–Crippen LogP) is 2.99. The Morgan fingerprint density at radius 2 is 2.24 bits per heavy atom. The molecule has 2 N–H and O–H groups in total. The molecule has 0 saturated carbocycles. The van der Waals surface area contributed by atoms with Gasteiger partial charge in [0.1, 0.15) is 5.75 Å². The molecule has 0 spiro atoms. The molecule has 1 heterocycles. The normalized spacial score (nSPS) is 19.2. The minimum Gasteiger partial charge on any atom is -0.481 e. The molecule has 1 unspecified atom stereocenters. The molecule has 1 aromatic carbocycles. The van der Waals surface area contributed by atoms with Crippen molar-refractivity contribution in [2.24, 2.45) is 0 Å². The second-order valence-corrected chi connectivity index (χ2v) is 6.54. The molecule has 116 valence electrons. The smallest absolute Gasteiger partial charge is 0.261 e. The van der Waals surface area contributed by atoms with Crippen molar-refractivity contribution < 1.29 is 9.53 Å². The molecule has 1 amide bonds. The monoisotopic (exact) mass is 354 g/mol. The minimum atomic E-state index is -0.375. The number of carbonyl (C=O) groups is 1. The fourth-order valence-electron chi connectivity index (χ4n) is 2.26. The summed E-state index contributed by atoms with van der Waals surface area (Å²) in [7, 11) is 0. The summed E-state index contributed by atoms with van der Waals surface area (Å²) >= 11 is 3.56. The summed E-state index contributed by atoms with van der Waals surface area (Å²) in [5, 5.41) is 6.28. The second-order valence-electron chi connectivity index (χ2n) is 5.68. The molecule has 1 atom stereocenters. The van der Waals surface area contributed by atoms with E-state index < -0.39 is 0 Å². The number of rotatable bonds is 5. The number of ether oxygens (including phenoxy) is 1. The van der Waals surface area contributed by atoms with Gasteiger partial charge in [-0.05, 0) is 43.0 Å². The van der Waals surface area contributed by atoms with Crippen molar-refractivity contribution in [1.82, 2.24) is 10.6 Å². The van der Waals surface area contributed by atoms with E-state index in [-0.39, 0.29) is 12.0 Å². The molecule has 0 aliphatic carbocycles. The highest BCUT2D eigenvalue weighted by molar-refractivity contribution is 9.10. The van der Waals surface area contributed by atoms with E-state index in [9.17, 15) is 4.79 Å². The fourth-order valence-corrected chi connectivity index (χ4v) is 2.65. The summed E-state index contributed by atoms with van der Waals surface area (Å²) in [5.74, 6) is 0.748. The van der Waals surface area contributed by atoms with Crippen LogP contribution in [0.4, 0.5) is 0 Å². The molecule has 1 aliphatic heterocycles. The van der Waals surface area contributed by atoms with Crippen LogP contribution in [0.2, 0.25) is 0 Å². The second kappa shape index (κ2) is 7.80. The highest BCUT2D eigenvalue weighted by Crippen LogP contribution is 2.24. The van der Waals surface area contributed by atoms with Gasteiger partial charge in [0.15, 0.2) is 6.10 Å². The molecule has 0 bridgehead atoms. The van der Waals surface area contributed by atoms with Crippen molar-refractivity contribution in [2.45, 2.75) is 51.8 Å². The Kier molecular flexibility index (Phi) is 6.06. The van der Waals surface area contributed by atoms with Gasteiger partial charge in [-0.15, -0.1) is 0 Å². The zero-order chi connectivity index (χ0) is 15.2. The third kappa shape index (κ3) is 5.00. The molecule has 2 rings (SSSR count). The summed E-state index contributed by atoms with van der Waals surface area (Å²) in [4.78, 5) is 11.9. The van der Waals surface area contributed by atoms with Crippen LogP contribution in [0.5, 0.6) is 5.75 Å². The van der Waals surface area contributed by atoms with Crippen LogP contribution < -0.4 is 15.4 Å². The van der Waals surface area contributed by atoms with Crippen LogP contribution >= 0.6 is 15.9 Å². The van der Waals surface area contributed by atoms with Gasteiger partial charge < -0.3 is 15.4 Å². The lowest BCUT2D eigenvalue weighted by Gasteiger charge is -2.17. The van der Waals surface area contributed by atoms with Crippen LogP contribution in [0.25, 0.3) is 0 Å². The van der Waals surface area contributed by atoms with Gasteiger partial charge >= 0.3 is 0 Å². The van der Waals surface area contributed by atoms with Crippen LogP contribution in [0.3, 0.4) is 0 Å². The summed E-state index contributed by atoms with van der Waals surface area (Å²) in [6.07, 6.45) is 2.44. The molecule has 1 fully saturated rings. The van der Waals surface area contributed by atoms with Crippen LogP contribution in [0.15, 0.2) is 22.7 Å². The van der Waals surface area contributed by atoms with Crippen molar-refractivity contribution in [3.8, 4) is 5.75 Å². The van der Waals surface area contributed by atoms with Gasteiger partial charge in [-0.1, -0.05) is 29.8 Å². The predicted molar refractivity (Wildman–Crippen MR) is 87.4 cm³/mol. The number of hydrogen-bond acceptors (Lipinski definition) is 3. The Labute approximate surface area is 134 Å². The van der Waals surface area contributed by atoms with Crippen LogP contribution in [-0.4, -0.2) is 24.6 Å². The first-order valence-corrected chi connectivity index (χ1v) is 8.31. The lowest BCUT2D eigenvalue weighted by atomic mass is 10.1. The maximum absolute atomic E-state index is 11.9. The summed E-state index contributed by atoms with van der Waals surface area (Å²) < 4.78 is 6.94. The van der Waals surface area contributed by atoms with Crippen molar-refractivity contribution in [3.05, 3.63) is 28.2 Å². The molecule has 5 heteroatoms. The highest BCUT2D eigenvalue weighted by atomic mass is 79.9. The van der Waals surface area contributed by atoms with Gasteiger partial charge in [0.2, 0.25) is 0 Å². The average Bonchev–Trinajstić information content (AvgIpc) is 2.64. The zero-order valence-electron chi connectivity index (χ0n) is 12.6. The van der Waals surface area contributed by atoms with E-state index in [1.165, 1.54) is 0 Å². The van der Waals surface area contributed by atoms with E-state index in [2.05, 4.69) is 40.4 Å². The molecule has 0 aromatic heterocycles. The Morgan fingerprint density at radius 1 is 1.43 bits per heavy atom. The average molecular weight is 355 g/mol. The quantitative estimate of drug-likeness (QED) is 0.854. The van der Waals surface area contributed by atoms with Crippen LogP contribution in [0.1, 0.15) is 38.7 Å². The van der Waals surface area contributed by atoms with E-state index in [0.717, 1.165) is 48.1 Å². The Bertz CT molecular complexity index is 491. The summed E-state index contributed by atoms with van der Waals surface area (Å²) in [6, 6.07) is 6.30. The third-order valence-electron chi connectivity index (χ3n) is 3.48. The summed E-state index contributed by atoms with van der Waals surface area (Å²) in [6.45, 7) is 5.75. The molecular weight excluding hydrogens is 332 g/mol. The number of carbonyl (C=O) groups excluding carboxylic acids is 1. The van der Waals surface area contributed by atoms with Gasteiger partial charge in [0, 0.05) is 23.6 Å². The number of amides is 1. The van der Waals surface area contributed by atoms with Crippen molar-refractivity contribution in [1.29, 1.82) is 0 Å². The van der Waals surface area contributed by atoms with Crippen molar-refractivity contribution in [3.63, 3.8) is 0 Å². The van der Waals surface area contributed by atoms with E-state index >= 15 is 0 Å². The molecule has 4 nitrogen and oxygen atoms in total. The van der Waals surface area contributed by atoms with Crippen molar-refractivity contribution >= 4 is 21.8 Å². The van der Waals surface area contributed by atoms with E-state index in [1.54, 1.807) is 0 Å². The molecular formula is C16H23BrN2O2. The molecule has 1 aliphatic rings. The van der Waals surface area contributed by atoms with Gasteiger partial charge in [0.25, 0.3) is 5.91 Å². The topological polar surface area (TPSA) is 50.4 Å². The fraction of sp³-hybridized carbons (Fsp3) is 0.562. The highest BCUT2D eigenvalue weighted by Gasteiger charge is 2.22.